The first kappa shape index (κ1) is 13.3. The van der Waals surface area contributed by atoms with Gasteiger partial charge in [-0.05, 0) is 32.9 Å². The van der Waals surface area contributed by atoms with Gasteiger partial charge < -0.3 is 10.2 Å². The predicted molar refractivity (Wildman–Crippen MR) is 67.1 cm³/mol. The van der Waals surface area contributed by atoms with Gasteiger partial charge in [0.15, 0.2) is 0 Å². The molecule has 3 heteroatoms. The fraction of sp³-hybridized carbons (Fsp3) is 0.692. The largest absolute Gasteiger partial charge is 0.465 e. The molecule has 0 fully saturated rings. The molecule has 0 spiro atoms. The maximum absolute atomic E-state index is 5.56. The Morgan fingerprint density at radius 1 is 1.38 bits per heavy atom. The summed E-state index contributed by atoms with van der Waals surface area (Å²) in [6.45, 7) is 10.1. The Kier molecular flexibility index (Phi) is 4.56. The number of rotatable bonds is 5. The maximum Gasteiger partial charge on any atom is 0.118 e. The van der Waals surface area contributed by atoms with Gasteiger partial charge in [0.2, 0.25) is 0 Å². The highest BCUT2D eigenvalue weighted by atomic mass is 16.3. The van der Waals surface area contributed by atoms with Crippen LogP contribution < -0.4 is 5.73 Å². The van der Waals surface area contributed by atoms with Gasteiger partial charge in [0.1, 0.15) is 11.5 Å². The van der Waals surface area contributed by atoms with Crippen molar-refractivity contribution >= 4 is 0 Å². The van der Waals surface area contributed by atoms with Crippen molar-refractivity contribution in [2.45, 2.75) is 46.8 Å². The van der Waals surface area contributed by atoms with E-state index in [1.54, 1.807) is 0 Å². The lowest BCUT2D eigenvalue weighted by Crippen LogP contribution is -2.32. The second-order valence-corrected chi connectivity index (χ2v) is 4.90. The third-order valence-corrected chi connectivity index (χ3v) is 3.35. The van der Waals surface area contributed by atoms with Crippen LogP contribution in [0.2, 0.25) is 0 Å². The molecule has 0 aliphatic rings. The summed E-state index contributed by atoms with van der Waals surface area (Å²) in [6, 6.07) is 2.63. The lowest BCUT2D eigenvalue weighted by atomic mass is 10.0. The molecule has 0 saturated carbocycles. The van der Waals surface area contributed by atoms with Crippen LogP contribution in [0.1, 0.15) is 37.9 Å². The van der Waals surface area contributed by atoms with E-state index in [0.29, 0.717) is 18.5 Å². The Morgan fingerprint density at radius 3 is 2.44 bits per heavy atom. The monoisotopic (exact) mass is 224 g/mol. The molecule has 1 rings (SSSR count). The minimum absolute atomic E-state index is 0.476. The average molecular weight is 224 g/mol. The summed E-state index contributed by atoms with van der Waals surface area (Å²) in [4.78, 5) is 2.35. The molecule has 0 amide bonds. The molecular weight excluding hydrogens is 200 g/mol. The second-order valence-electron chi connectivity index (χ2n) is 4.90. The van der Waals surface area contributed by atoms with E-state index in [-0.39, 0.29) is 0 Å². The summed E-state index contributed by atoms with van der Waals surface area (Å²) < 4.78 is 5.55. The molecule has 2 N–H and O–H groups in total. The standard InChI is InChI=1S/C13H24N2O/c1-9(2)10(3)15(5)8-12-6-13(7-14)16-11(12)4/h6,9-10H,7-8,14H2,1-5H3. The van der Waals surface area contributed by atoms with Gasteiger partial charge in [-0.1, -0.05) is 13.8 Å². The van der Waals surface area contributed by atoms with Crippen LogP contribution in [-0.4, -0.2) is 18.0 Å². The number of furan rings is 1. The van der Waals surface area contributed by atoms with Crippen LogP contribution in [0.15, 0.2) is 10.5 Å². The second kappa shape index (κ2) is 5.51. The highest BCUT2D eigenvalue weighted by Gasteiger charge is 2.15. The lowest BCUT2D eigenvalue weighted by molar-refractivity contribution is 0.199. The minimum atomic E-state index is 0.476. The number of nitrogens with zero attached hydrogens (tertiary/aromatic N) is 1. The molecule has 16 heavy (non-hydrogen) atoms. The van der Waals surface area contributed by atoms with Crippen molar-refractivity contribution in [2.75, 3.05) is 7.05 Å². The molecular formula is C13H24N2O. The SMILES string of the molecule is Cc1oc(CN)cc1CN(C)C(C)C(C)C. The summed E-state index contributed by atoms with van der Waals surface area (Å²) >= 11 is 0. The molecule has 1 aromatic rings. The van der Waals surface area contributed by atoms with Gasteiger partial charge in [0.05, 0.1) is 6.54 Å². The van der Waals surface area contributed by atoms with Crippen molar-refractivity contribution in [3.05, 3.63) is 23.2 Å². The third kappa shape index (κ3) is 3.09. The molecule has 0 aliphatic heterocycles. The first-order valence-corrected chi connectivity index (χ1v) is 5.94. The molecule has 0 aliphatic carbocycles. The number of hydrogen-bond donors (Lipinski definition) is 1. The normalized spacial score (nSPS) is 13.8. The lowest BCUT2D eigenvalue weighted by Gasteiger charge is -2.27. The van der Waals surface area contributed by atoms with Crippen molar-refractivity contribution < 1.29 is 4.42 Å². The highest BCUT2D eigenvalue weighted by Crippen LogP contribution is 2.18. The van der Waals surface area contributed by atoms with E-state index in [1.165, 1.54) is 5.56 Å². The van der Waals surface area contributed by atoms with Crippen LogP contribution in [0.3, 0.4) is 0 Å². The predicted octanol–water partition coefficient (Wildman–Crippen LogP) is 2.52. The molecule has 1 heterocycles. The number of nitrogens with two attached hydrogens (primary N) is 1. The van der Waals surface area contributed by atoms with E-state index in [9.17, 15) is 0 Å². The number of hydrogen-bond acceptors (Lipinski definition) is 3. The maximum atomic E-state index is 5.56. The van der Waals surface area contributed by atoms with Crippen LogP contribution in [0, 0.1) is 12.8 Å². The average Bonchev–Trinajstić information content (AvgIpc) is 2.58. The molecule has 92 valence electrons. The van der Waals surface area contributed by atoms with Gasteiger partial charge in [0, 0.05) is 18.2 Å². The van der Waals surface area contributed by atoms with E-state index < -0.39 is 0 Å². The molecule has 0 aromatic carbocycles. The molecule has 0 saturated heterocycles. The quantitative estimate of drug-likeness (QED) is 0.835. The fourth-order valence-corrected chi connectivity index (χ4v) is 1.77. The first-order chi connectivity index (χ1) is 7.45. The molecule has 1 aromatic heterocycles. The van der Waals surface area contributed by atoms with Gasteiger partial charge in [-0.3, -0.25) is 4.90 Å². The van der Waals surface area contributed by atoms with Gasteiger partial charge >= 0.3 is 0 Å². The Bertz CT molecular complexity index is 331. The Balaban J connectivity index is 2.68. The molecule has 0 bridgehead atoms. The van der Waals surface area contributed by atoms with Crippen LogP contribution in [0.4, 0.5) is 0 Å². The zero-order valence-electron chi connectivity index (χ0n) is 11.1. The van der Waals surface area contributed by atoms with E-state index in [4.69, 9.17) is 10.2 Å². The summed E-state index contributed by atoms with van der Waals surface area (Å²) in [5.74, 6) is 2.52. The fourth-order valence-electron chi connectivity index (χ4n) is 1.77. The topological polar surface area (TPSA) is 42.4 Å². The van der Waals surface area contributed by atoms with Gasteiger partial charge in [-0.2, -0.15) is 0 Å². The van der Waals surface area contributed by atoms with Crippen LogP contribution >= 0.6 is 0 Å². The van der Waals surface area contributed by atoms with E-state index in [2.05, 4.69) is 38.8 Å². The highest BCUT2D eigenvalue weighted by molar-refractivity contribution is 5.20. The summed E-state index contributed by atoms with van der Waals surface area (Å²) in [5, 5.41) is 0. The third-order valence-electron chi connectivity index (χ3n) is 3.35. The summed E-state index contributed by atoms with van der Waals surface area (Å²) in [7, 11) is 2.15. The van der Waals surface area contributed by atoms with Crippen molar-refractivity contribution in [1.29, 1.82) is 0 Å². The Morgan fingerprint density at radius 2 is 2.00 bits per heavy atom. The number of aryl methyl sites for hydroxylation is 1. The molecule has 3 nitrogen and oxygen atoms in total. The van der Waals surface area contributed by atoms with Gasteiger partial charge in [-0.15, -0.1) is 0 Å². The van der Waals surface area contributed by atoms with Gasteiger partial charge in [-0.25, -0.2) is 0 Å². The zero-order chi connectivity index (χ0) is 12.3. The minimum Gasteiger partial charge on any atom is -0.465 e. The van der Waals surface area contributed by atoms with E-state index in [1.807, 2.05) is 6.92 Å². The smallest absolute Gasteiger partial charge is 0.118 e. The van der Waals surface area contributed by atoms with Crippen LogP contribution in [0.25, 0.3) is 0 Å². The van der Waals surface area contributed by atoms with Crippen LogP contribution in [-0.2, 0) is 13.1 Å². The van der Waals surface area contributed by atoms with E-state index in [0.717, 1.165) is 18.1 Å². The molecule has 1 atom stereocenters. The summed E-state index contributed by atoms with van der Waals surface area (Å²) in [6.07, 6.45) is 0. The zero-order valence-corrected chi connectivity index (χ0v) is 11.1. The van der Waals surface area contributed by atoms with Gasteiger partial charge in [0.25, 0.3) is 0 Å². The van der Waals surface area contributed by atoms with Crippen LogP contribution in [0.5, 0.6) is 0 Å². The Hall–Kier alpha value is -0.800. The Labute approximate surface area is 98.6 Å². The van der Waals surface area contributed by atoms with Crippen molar-refractivity contribution in [3.8, 4) is 0 Å². The van der Waals surface area contributed by atoms with Crippen molar-refractivity contribution in [2.24, 2.45) is 11.7 Å². The first-order valence-electron chi connectivity index (χ1n) is 5.94. The molecule has 0 radical (unpaired) electrons. The molecule has 1 unspecified atom stereocenters. The van der Waals surface area contributed by atoms with Crippen molar-refractivity contribution in [3.63, 3.8) is 0 Å². The van der Waals surface area contributed by atoms with E-state index >= 15 is 0 Å². The van der Waals surface area contributed by atoms with Crippen molar-refractivity contribution in [1.82, 2.24) is 4.90 Å². The summed E-state index contributed by atoms with van der Waals surface area (Å²) in [5.41, 5.74) is 6.81.